The monoisotopic (exact) mass is 392 g/mol. The largest absolute Gasteiger partial charge is 0.353 e. The highest BCUT2D eigenvalue weighted by atomic mass is 35.5. The van der Waals surface area contributed by atoms with E-state index in [9.17, 15) is 9.59 Å². The van der Waals surface area contributed by atoms with Crippen LogP contribution in [0, 0.1) is 0 Å². The average molecular weight is 393 g/mol. The Balaban J connectivity index is 1.62. The Morgan fingerprint density at radius 1 is 1.35 bits per heavy atom. The van der Waals surface area contributed by atoms with Crippen molar-refractivity contribution < 1.29 is 9.59 Å². The van der Waals surface area contributed by atoms with Crippen LogP contribution in [-0.2, 0) is 15.0 Å². The summed E-state index contributed by atoms with van der Waals surface area (Å²) < 4.78 is 0. The highest BCUT2D eigenvalue weighted by Crippen LogP contribution is 2.47. The lowest BCUT2D eigenvalue weighted by Gasteiger charge is -2.25. The van der Waals surface area contributed by atoms with Crippen LogP contribution < -0.4 is 5.32 Å². The van der Waals surface area contributed by atoms with Crippen LogP contribution in [0.4, 0.5) is 0 Å². The molecule has 1 N–H and O–H groups in total. The zero-order valence-electron chi connectivity index (χ0n) is 15.3. The van der Waals surface area contributed by atoms with E-state index in [2.05, 4.69) is 5.32 Å². The summed E-state index contributed by atoms with van der Waals surface area (Å²) in [5, 5.41) is 3.82. The van der Waals surface area contributed by atoms with Crippen LogP contribution in [0.2, 0.25) is 5.02 Å². The van der Waals surface area contributed by atoms with Crippen molar-refractivity contribution in [2.24, 2.45) is 0 Å². The van der Waals surface area contributed by atoms with Gasteiger partial charge >= 0.3 is 0 Å². The molecular formula is C20H25ClN2O2S. The third kappa shape index (κ3) is 4.09. The first-order chi connectivity index (χ1) is 12.5. The molecule has 1 atom stereocenters. The van der Waals surface area contributed by atoms with Gasteiger partial charge in [-0.3, -0.25) is 9.59 Å². The molecule has 2 aliphatic rings. The van der Waals surface area contributed by atoms with Gasteiger partial charge in [0, 0.05) is 28.3 Å². The van der Waals surface area contributed by atoms with E-state index >= 15 is 0 Å². The number of thioether (sulfide) groups is 1. The maximum atomic E-state index is 12.7. The van der Waals surface area contributed by atoms with Gasteiger partial charge in [0.05, 0.1) is 5.88 Å². The van der Waals surface area contributed by atoms with E-state index in [0.717, 1.165) is 24.3 Å². The SMILES string of the molecule is CC/C=C(/C)C(=O)N1CSCC1C(=O)NCC1(c2ccc(Cl)cc2)CC1. The molecule has 4 nitrogen and oxygen atoms in total. The van der Waals surface area contributed by atoms with Gasteiger partial charge in [0.2, 0.25) is 5.91 Å². The Labute approximate surface area is 164 Å². The summed E-state index contributed by atoms with van der Waals surface area (Å²) in [6.07, 6.45) is 4.86. The zero-order chi connectivity index (χ0) is 18.7. The van der Waals surface area contributed by atoms with Crippen molar-refractivity contribution in [3.05, 3.63) is 46.5 Å². The van der Waals surface area contributed by atoms with Crippen molar-refractivity contribution in [2.45, 2.75) is 44.6 Å². The van der Waals surface area contributed by atoms with Crippen LogP contribution in [-0.4, -0.2) is 40.9 Å². The minimum Gasteiger partial charge on any atom is -0.353 e. The second kappa shape index (κ2) is 8.05. The molecule has 1 aromatic rings. The van der Waals surface area contributed by atoms with Gasteiger partial charge in [-0.2, -0.15) is 0 Å². The third-order valence-corrected chi connectivity index (χ3v) is 6.47. The minimum absolute atomic E-state index is 0.0267. The van der Waals surface area contributed by atoms with Gasteiger partial charge in [-0.1, -0.05) is 36.7 Å². The maximum Gasteiger partial charge on any atom is 0.250 e. The molecule has 0 bridgehead atoms. The Hall–Kier alpha value is -1.46. The standard InChI is InChI=1S/C20H25ClN2O2S/c1-3-4-14(2)19(25)23-13-26-11-17(23)18(24)22-12-20(9-10-20)15-5-7-16(21)8-6-15/h4-8,17H,3,9-13H2,1-2H3,(H,22,24)/b14-4-. The van der Waals surface area contributed by atoms with Crippen molar-refractivity contribution in [3.63, 3.8) is 0 Å². The lowest BCUT2D eigenvalue weighted by Crippen LogP contribution is -2.49. The van der Waals surface area contributed by atoms with Gasteiger partial charge < -0.3 is 10.2 Å². The molecule has 1 saturated carbocycles. The number of hydrogen-bond donors (Lipinski definition) is 1. The number of amides is 2. The van der Waals surface area contributed by atoms with E-state index in [1.165, 1.54) is 5.56 Å². The minimum atomic E-state index is -0.381. The third-order valence-electron chi connectivity index (χ3n) is 5.20. The number of allylic oxidation sites excluding steroid dienone is 1. The normalized spacial score (nSPS) is 21.6. The van der Waals surface area contributed by atoms with Gasteiger partial charge in [-0.05, 0) is 43.9 Å². The number of nitrogens with zero attached hydrogens (tertiary/aromatic N) is 1. The van der Waals surface area contributed by atoms with Crippen LogP contribution in [0.15, 0.2) is 35.9 Å². The lowest BCUT2D eigenvalue weighted by molar-refractivity contribution is -0.135. The molecule has 1 saturated heterocycles. The summed E-state index contributed by atoms with van der Waals surface area (Å²) in [7, 11) is 0. The number of rotatable bonds is 6. The molecule has 1 heterocycles. The summed E-state index contributed by atoms with van der Waals surface area (Å²) in [6.45, 7) is 4.44. The quantitative estimate of drug-likeness (QED) is 0.750. The molecule has 0 radical (unpaired) electrons. The van der Waals surface area contributed by atoms with Gasteiger partial charge in [0.1, 0.15) is 6.04 Å². The molecule has 2 fully saturated rings. The molecule has 0 spiro atoms. The summed E-state index contributed by atoms with van der Waals surface area (Å²) in [4.78, 5) is 27.0. The van der Waals surface area contributed by atoms with Crippen molar-refractivity contribution in [2.75, 3.05) is 18.2 Å². The number of carbonyl (C=O) groups excluding carboxylic acids is 2. The molecule has 6 heteroatoms. The Bertz CT molecular complexity index is 713. The molecular weight excluding hydrogens is 368 g/mol. The lowest BCUT2D eigenvalue weighted by atomic mass is 9.96. The predicted molar refractivity (Wildman–Crippen MR) is 107 cm³/mol. The fourth-order valence-electron chi connectivity index (χ4n) is 3.38. The highest BCUT2D eigenvalue weighted by Gasteiger charge is 2.45. The van der Waals surface area contributed by atoms with Crippen molar-refractivity contribution in [1.82, 2.24) is 10.2 Å². The van der Waals surface area contributed by atoms with Crippen LogP contribution in [0.25, 0.3) is 0 Å². The first kappa shape index (κ1) is 19.3. The first-order valence-corrected chi connectivity index (χ1v) is 10.6. The number of nitrogens with one attached hydrogen (secondary N) is 1. The topological polar surface area (TPSA) is 49.4 Å². The number of halogens is 1. The van der Waals surface area contributed by atoms with Gasteiger partial charge in [0.25, 0.3) is 5.91 Å². The number of hydrogen-bond acceptors (Lipinski definition) is 3. The molecule has 26 heavy (non-hydrogen) atoms. The molecule has 1 aliphatic carbocycles. The fourth-order valence-corrected chi connectivity index (χ4v) is 4.66. The van der Waals surface area contributed by atoms with Crippen LogP contribution in [0.3, 0.4) is 0 Å². The van der Waals surface area contributed by atoms with Gasteiger partial charge in [-0.15, -0.1) is 11.8 Å². The average Bonchev–Trinajstić information content (AvgIpc) is 3.26. The smallest absolute Gasteiger partial charge is 0.250 e. The maximum absolute atomic E-state index is 12.7. The summed E-state index contributed by atoms with van der Waals surface area (Å²) in [5.74, 6) is 1.16. The molecule has 140 valence electrons. The summed E-state index contributed by atoms with van der Waals surface area (Å²) in [5.41, 5.74) is 1.96. The highest BCUT2D eigenvalue weighted by molar-refractivity contribution is 7.99. The Morgan fingerprint density at radius 2 is 2.04 bits per heavy atom. The summed E-state index contributed by atoms with van der Waals surface area (Å²) >= 11 is 7.61. The molecule has 2 amide bonds. The number of benzene rings is 1. The second-order valence-corrected chi connectivity index (χ2v) is 8.53. The van der Waals surface area contributed by atoms with E-state index in [1.54, 1.807) is 16.7 Å². The van der Waals surface area contributed by atoms with Crippen molar-refractivity contribution in [3.8, 4) is 0 Å². The van der Waals surface area contributed by atoms with Gasteiger partial charge in [-0.25, -0.2) is 0 Å². The van der Waals surface area contributed by atoms with E-state index < -0.39 is 0 Å². The van der Waals surface area contributed by atoms with E-state index in [-0.39, 0.29) is 23.3 Å². The molecule has 1 aliphatic heterocycles. The van der Waals surface area contributed by atoms with E-state index in [1.807, 2.05) is 44.2 Å². The van der Waals surface area contributed by atoms with Gasteiger partial charge in [0.15, 0.2) is 0 Å². The molecule has 1 aromatic carbocycles. The Morgan fingerprint density at radius 3 is 2.65 bits per heavy atom. The van der Waals surface area contributed by atoms with Crippen LogP contribution >= 0.6 is 23.4 Å². The van der Waals surface area contributed by atoms with E-state index in [0.29, 0.717) is 23.7 Å². The number of carbonyl (C=O) groups is 2. The first-order valence-electron chi connectivity index (χ1n) is 9.06. The molecule has 0 aromatic heterocycles. The second-order valence-electron chi connectivity index (χ2n) is 7.09. The Kier molecular flexibility index (Phi) is 5.98. The van der Waals surface area contributed by atoms with Crippen molar-refractivity contribution in [1.29, 1.82) is 0 Å². The molecule has 1 unspecified atom stereocenters. The van der Waals surface area contributed by atoms with Crippen LogP contribution in [0.1, 0.15) is 38.7 Å². The predicted octanol–water partition coefficient (Wildman–Crippen LogP) is 3.75. The van der Waals surface area contributed by atoms with E-state index in [4.69, 9.17) is 11.6 Å². The van der Waals surface area contributed by atoms with Crippen LogP contribution in [0.5, 0.6) is 0 Å². The summed E-state index contributed by atoms with van der Waals surface area (Å²) in [6, 6.07) is 7.50. The molecule has 3 rings (SSSR count). The zero-order valence-corrected chi connectivity index (χ0v) is 16.8. The fraction of sp³-hybridized carbons (Fsp3) is 0.500. The van der Waals surface area contributed by atoms with Crippen molar-refractivity contribution >= 4 is 35.2 Å².